The van der Waals surface area contributed by atoms with Gasteiger partial charge in [-0.1, -0.05) is 160 Å². The normalized spacial score (nSPS) is 14.2. The first-order valence-corrected chi connectivity index (χ1v) is 29.5. The smallest absolute Gasteiger partial charge is 0.126 e. The van der Waals surface area contributed by atoms with Crippen LogP contribution in [0.2, 0.25) is 0 Å². The summed E-state index contributed by atoms with van der Waals surface area (Å²) < 4.78 is 49.1. The molecule has 1 aromatic heterocycles. The number of ether oxygens (including phenoxy) is 7. The van der Waals surface area contributed by atoms with E-state index < -0.39 is 0 Å². The summed E-state index contributed by atoms with van der Waals surface area (Å²) in [6, 6.07) is 21.3. The molecule has 0 amide bonds. The summed E-state index contributed by atoms with van der Waals surface area (Å²) in [5, 5.41) is 0. The van der Waals surface area contributed by atoms with Crippen LogP contribution in [0, 0.1) is 0 Å². The molecule has 0 radical (unpaired) electrons. The monoisotopic (exact) mass is 1050 g/mol. The van der Waals surface area contributed by atoms with Crippen LogP contribution in [0.5, 0.6) is 17.2 Å². The van der Waals surface area contributed by atoms with Crippen molar-refractivity contribution in [1.29, 1.82) is 0 Å². The van der Waals surface area contributed by atoms with E-state index in [1.54, 1.807) is 0 Å². The Kier molecular flexibility index (Phi) is 22.5. The van der Waals surface area contributed by atoms with Gasteiger partial charge in [-0.15, -0.1) is 23.5 Å². The molecule has 14 heteroatoms. The summed E-state index contributed by atoms with van der Waals surface area (Å²) in [5.74, 6) is 5.33. The summed E-state index contributed by atoms with van der Waals surface area (Å²) >= 11 is 11.6. The number of benzene rings is 3. The Morgan fingerprint density at radius 1 is 0.522 bits per heavy atom. The Labute approximate surface area is 439 Å². The molecule has 3 aromatic carbocycles. The Bertz CT molecular complexity index is 2210. The minimum absolute atomic E-state index is 0.110. The lowest BCUT2D eigenvalue weighted by atomic mass is 9.79. The van der Waals surface area contributed by atoms with E-state index in [1.165, 1.54) is 54.6 Å². The summed E-state index contributed by atoms with van der Waals surface area (Å²) in [6.45, 7) is 31.5. The minimum atomic E-state index is 0.110. The van der Waals surface area contributed by atoms with Crippen molar-refractivity contribution in [3.8, 4) is 17.2 Å². The number of nitrogens with zero attached hydrogens (tertiary/aromatic N) is 1. The molecule has 6 rings (SSSR count). The van der Waals surface area contributed by atoms with E-state index in [0.29, 0.717) is 84.5 Å². The van der Waals surface area contributed by atoms with Crippen LogP contribution in [0.4, 0.5) is 0 Å². The van der Waals surface area contributed by atoms with Gasteiger partial charge in [-0.05, 0) is 80.5 Å². The highest BCUT2D eigenvalue weighted by Crippen LogP contribution is 2.64. The van der Waals surface area contributed by atoms with E-state index in [9.17, 15) is 0 Å². The molecule has 0 unspecified atom stereocenters. The van der Waals surface area contributed by atoms with Gasteiger partial charge in [0.1, 0.15) is 37.1 Å². The molecule has 3 heterocycles. The van der Waals surface area contributed by atoms with E-state index in [1.807, 2.05) is 94.8 Å². The van der Waals surface area contributed by atoms with Gasteiger partial charge < -0.3 is 37.7 Å². The number of aromatic nitrogens is 1. The van der Waals surface area contributed by atoms with Crippen molar-refractivity contribution >= 4 is 70.6 Å². The number of fused-ring (bicyclic) bond motifs is 1. The van der Waals surface area contributed by atoms with Crippen molar-refractivity contribution in [2.24, 2.45) is 0 Å². The van der Waals surface area contributed by atoms with Crippen LogP contribution in [0.3, 0.4) is 0 Å². The van der Waals surface area contributed by atoms with E-state index in [0.717, 1.165) is 35.3 Å². The first-order valence-electron chi connectivity index (χ1n) is 24.3. The SMILES string of the molecule is CCSC1=C(SCCOCCOCCOc2ccc(OCCOCCOCCOc3c(C(C)C)cccc3C(C)C)cc2)SC(=C2Sc3cn(Cc4cc(C(C)(C)C)cc(C(C)(C)C)c4)cc3S2)S1. The van der Waals surface area contributed by atoms with E-state index >= 15 is 0 Å². The van der Waals surface area contributed by atoms with Crippen LogP contribution in [-0.4, -0.2) is 88.7 Å². The van der Waals surface area contributed by atoms with Gasteiger partial charge in [0.25, 0.3) is 0 Å². The zero-order valence-corrected chi connectivity index (χ0v) is 47.6. The highest BCUT2D eigenvalue weighted by molar-refractivity contribution is 8.42. The molecule has 0 saturated carbocycles. The molecule has 2 aliphatic rings. The number of para-hydroxylation sites is 1. The van der Waals surface area contributed by atoms with Crippen molar-refractivity contribution in [3.63, 3.8) is 0 Å². The Morgan fingerprint density at radius 2 is 0.957 bits per heavy atom. The number of hydrogen-bond acceptors (Lipinski definition) is 13. The topological polar surface area (TPSA) is 69.5 Å². The van der Waals surface area contributed by atoms with Gasteiger partial charge in [0.2, 0.25) is 0 Å². The number of hydrogen-bond donors (Lipinski definition) is 0. The van der Waals surface area contributed by atoms with Crippen molar-refractivity contribution in [2.45, 2.75) is 115 Å². The molecule has 0 saturated heterocycles. The quantitative estimate of drug-likeness (QED) is 0.0508. The number of thioether (sulfide) groups is 6. The lowest BCUT2D eigenvalue weighted by Gasteiger charge is -2.26. The van der Waals surface area contributed by atoms with Gasteiger partial charge in [0.05, 0.1) is 69.8 Å². The molecule has 0 fully saturated rings. The van der Waals surface area contributed by atoms with Crippen LogP contribution in [0.1, 0.15) is 116 Å². The van der Waals surface area contributed by atoms with Gasteiger partial charge in [0, 0.05) is 34.5 Å². The van der Waals surface area contributed by atoms with E-state index in [4.69, 9.17) is 33.2 Å². The van der Waals surface area contributed by atoms with E-state index in [-0.39, 0.29) is 10.8 Å². The first kappa shape index (κ1) is 56.1. The third kappa shape index (κ3) is 17.7. The second kappa shape index (κ2) is 27.7. The molecule has 0 atom stereocenters. The Morgan fingerprint density at radius 3 is 1.42 bits per heavy atom. The van der Waals surface area contributed by atoms with Crippen molar-refractivity contribution in [1.82, 2.24) is 4.57 Å². The van der Waals surface area contributed by atoms with Gasteiger partial charge in [-0.25, -0.2) is 0 Å². The molecule has 2 aliphatic heterocycles. The maximum atomic E-state index is 6.19. The second-order valence-corrected chi connectivity index (χ2v) is 27.0. The fourth-order valence-electron chi connectivity index (χ4n) is 7.30. The van der Waals surface area contributed by atoms with Gasteiger partial charge in [-0.2, -0.15) is 0 Å². The maximum Gasteiger partial charge on any atom is 0.126 e. The molecule has 0 bridgehead atoms. The average molecular weight is 1050 g/mol. The maximum absolute atomic E-state index is 6.19. The van der Waals surface area contributed by atoms with Crippen molar-refractivity contribution in [2.75, 3.05) is 84.2 Å². The predicted octanol–water partition coefficient (Wildman–Crippen LogP) is 15.4. The zero-order chi connectivity index (χ0) is 49.4. The minimum Gasteiger partial charge on any atom is -0.491 e. The summed E-state index contributed by atoms with van der Waals surface area (Å²) in [6.07, 6.45) is 4.68. The van der Waals surface area contributed by atoms with Crippen LogP contribution < -0.4 is 14.2 Å². The second-order valence-electron chi connectivity index (χ2n) is 19.5. The fraction of sp³-hybridized carbons (Fsp3) is 0.527. The highest BCUT2D eigenvalue weighted by atomic mass is 32.3. The standard InChI is InChI=1S/C55H75NO7S6/c1-12-64-50-51(69-53(68-50)52-66-47-36-56(37-48(47)67-52)35-40-32-41(54(6,7)8)34-42(33-40)55(9,10)11)65-31-30-60-23-22-58-25-28-62-44-18-16-43(17-19-44)61-27-24-57-20-21-59-26-29-63-49-45(38(2)3)14-13-15-46(49)39(4)5/h13-19,32-34,36-39H,12,20-31,35H2,1-11H3. The summed E-state index contributed by atoms with van der Waals surface area (Å²) in [7, 11) is 0. The molecule has 69 heavy (non-hydrogen) atoms. The van der Waals surface area contributed by atoms with Crippen LogP contribution in [0.25, 0.3) is 0 Å². The predicted molar refractivity (Wildman–Crippen MR) is 300 cm³/mol. The molecule has 4 aromatic rings. The Hall–Kier alpha value is -2.24. The highest BCUT2D eigenvalue weighted by Gasteiger charge is 2.30. The van der Waals surface area contributed by atoms with Crippen LogP contribution >= 0.6 is 70.6 Å². The fourth-order valence-corrected chi connectivity index (χ4v) is 15.8. The molecule has 8 nitrogen and oxygen atoms in total. The van der Waals surface area contributed by atoms with Crippen molar-refractivity contribution < 1.29 is 33.2 Å². The zero-order valence-electron chi connectivity index (χ0n) is 42.7. The lowest BCUT2D eigenvalue weighted by molar-refractivity contribution is 0.0271. The largest absolute Gasteiger partial charge is 0.491 e. The van der Waals surface area contributed by atoms with Crippen LogP contribution in [0.15, 0.2) is 99.8 Å². The van der Waals surface area contributed by atoms with Crippen LogP contribution in [-0.2, 0) is 36.3 Å². The van der Waals surface area contributed by atoms with E-state index in [2.05, 4.69) is 130 Å². The molecule has 378 valence electrons. The average Bonchev–Trinajstić information content (AvgIpc) is 4.01. The van der Waals surface area contributed by atoms with Crippen molar-refractivity contribution in [3.05, 3.63) is 118 Å². The molecular formula is C55H75NO7S6. The van der Waals surface area contributed by atoms with Gasteiger partial charge in [-0.3, -0.25) is 0 Å². The lowest BCUT2D eigenvalue weighted by Crippen LogP contribution is -2.17. The molecular weight excluding hydrogens is 979 g/mol. The first-order chi connectivity index (χ1) is 33.1. The third-order valence-electron chi connectivity index (χ3n) is 11.1. The molecule has 0 spiro atoms. The molecule has 0 N–H and O–H groups in total. The number of rotatable bonds is 28. The molecule has 0 aliphatic carbocycles. The third-order valence-corrected chi connectivity index (χ3v) is 19.5. The van der Waals surface area contributed by atoms with Gasteiger partial charge >= 0.3 is 0 Å². The summed E-state index contributed by atoms with van der Waals surface area (Å²) in [4.78, 5) is 2.72. The van der Waals surface area contributed by atoms with Gasteiger partial charge in [0.15, 0.2) is 0 Å². The Balaban J connectivity index is 0.786. The summed E-state index contributed by atoms with van der Waals surface area (Å²) in [5.41, 5.74) is 6.88.